The number of nitrogens with zero attached hydrogens (tertiary/aromatic N) is 3. The first-order valence-electron chi connectivity index (χ1n) is 6.90. The van der Waals surface area contributed by atoms with E-state index in [-0.39, 0.29) is 5.75 Å². The van der Waals surface area contributed by atoms with E-state index in [2.05, 4.69) is 17.1 Å². The van der Waals surface area contributed by atoms with Crippen molar-refractivity contribution >= 4 is 17.7 Å². The molecule has 1 saturated carbocycles. The van der Waals surface area contributed by atoms with Crippen LogP contribution in [0.5, 0.6) is 0 Å². The van der Waals surface area contributed by atoms with Gasteiger partial charge in [0.05, 0.1) is 12.4 Å². The van der Waals surface area contributed by atoms with Gasteiger partial charge in [-0.1, -0.05) is 25.1 Å². The van der Waals surface area contributed by atoms with Gasteiger partial charge in [-0.3, -0.25) is 4.79 Å². The molecule has 2 rings (SSSR count). The zero-order chi connectivity index (χ0) is 14.5. The van der Waals surface area contributed by atoms with Crippen LogP contribution in [-0.2, 0) is 16.1 Å². The quantitative estimate of drug-likeness (QED) is 0.776. The molecule has 0 saturated heterocycles. The van der Waals surface area contributed by atoms with E-state index < -0.39 is 5.97 Å². The highest BCUT2D eigenvalue weighted by atomic mass is 32.2. The van der Waals surface area contributed by atoms with Crippen LogP contribution in [0.2, 0.25) is 0 Å². The highest BCUT2D eigenvalue weighted by Gasteiger charge is 2.30. The third-order valence-electron chi connectivity index (χ3n) is 3.78. The van der Waals surface area contributed by atoms with E-state index in [1.165, 1.54) is 24.6 Å². The van der Waals surface area contributed by atoms with Crippen LogP contribution in [0.4, 0.5) is 0 Å². The average Bonchev–Trinajstić information content (AvgIpc) is 2.99. The predicted octanol–water partition coefficient (Wildman–Crippen LogP) is 2.00. The number of hydrogen-bond donors (Lipinski definition) is 1. The Kier molecular flexibility index (Phi) is 5.42. The van der Waals surface area contributed by atoms with E-state index in [1.807, 2.05) is 4.57 Å². The minimum Gasteiger partial charge on any atom is -0.481 e. The topological polar surface area (TPSA) is 77.2 Å². The first kappa shape index (κ1) is 15.3. The number of carboxylic acids is 1. The first-order chi connectivity index (χ1) is 9.63. The minimum absolute atomic E-state index is 0.00529. The molecule has 0 aromatic carbocycles. The molecule has 112 valence electrons. The van der Waals surface area contributed by atoms with Gasteiger partial charge in [-0.25, -0.2) is 0 Å². The van der Waals surface area contributed by atoms with Crippen molar-refractivity contribution in [2.75, 3.05) is 19.5 Å². The Morgan fingerprint density at radius 2 is 2.30 bits per heavy atom. The monoisotopic (exact) mass is 299 g/mol. The molecule has 6 nitrogen and oxygen atoms in total. The molecule has 1 heterocycles. The molecule has 2 unspecified atom stereocenters. The second-order valence-electron chi connectivity index (χ2n) is 5.18. The number of aliphatic carboxylic acids is 1. The number of thioether (sulfide) groups is 1. The van der Waals surface area contributed by atoms with Gasteiger partial charge in [0, 0.05) is 19.6 Å². The van der Waals surface area contributed by atoms with Gasteiger partial charge in [0.1, 0.15) is 5.82 Å². The smallest absolute Gasteiger partial charge is 0.313 e. The second-order valence-corrected chi connectivity index (χ2v) is 6.12. The van der Waals surface area contributed by atoms with E-state index in [9.17, 15) is 4.79 Å². The number of ether oxygens (including phenoxy) is 1. The van der Waals surface area contributed by atoms with Crippen LogP contribution in [0, 0.1) is 5.92 Å². The van der Waals surface area contributed by atoms with Crippen LogP contribution in [0.1, 0.15) is 37.9 Å². The number of carboxylic acid groups (broad SMARTS) is 1. The number of methoxy groups -OCH3 is 1. The Morgan fingerprint density at radius 1 is 1.50 bits per heavy atom. The summed E-state index contributed by atoms with van der Waals surface area (Å²) >= 11 is 1.22. The van der Waals surface area contributed by atoms with Crippen molar-refractivity contribution in [3.8, 4) is 0 Å². The van der Waals surface area contributed by atoms with Gasteiger partial charge >= 0.3 is 5.97 Å². The SMILES string of the molecule is COCCn1c(SCC(=O)O)nnc1C1CCCC1C. The normalized spacial score (nSPS) is 22.3. The Morgan fingerprint density at radius 3 is 2.90 bits per heavy atom. The maximum atomic E-state index is 10.7. The highest BCUT2D eigenvalue weighted by molar-refractivity contribution is 7.99. The largest absolute Gasteiger partial charge is 0.481 e. The summed E-state index contributed by atoms with van der Waals surface area (Å²) in [6.07, 6.45) is 3.58. The number of aromatic nitrogens is 3. The summed E-state index contributed by atoms with van der Waals surface area (Å²) in [5.74, 6) is 1.19. The van der Waals surface area contributed by atoms with Crippen molar-refractivity contribution in [3.05, 3.63) is 5.82 Å². The van der Waals surface area contributed by atoms with Crippen molar-refractivity contribution in [3.63, 3.8) is 0 Å². The molecule has 1 aromatic rings. The first-order valence-corrected chi connectivity index (χ1v) is 7.88. The number of hydrogen-bond acceptors (Lipinski definition) is 5. The lowest BCUT2D eigenvalue weighted by atomic mass is 9.97. The van der Waals surface area contributed by atoms with Crippen molar-refractivity contribution in [2.24, 2.45) is 5.92 Å². The molecule has 1 N–H and O–H groups in total. The van der Waals surface area contributed by atoms with Crippen molar-refractivity contribution in [1.29, 1.82) is 0 Å². The minimum atomic E-state index is -0.841. The van der Waals surface area contributed by atoms with Gasteiger partial charge in [-0.05, 0) is 18.8 Å². The van der Waals surface area contributed by atoms with E-state index >= 15 is 0 Å². The van der Waals surface area contributed by atoms with Crippen LogP contribution in [-0.4, -0.2) is 45.3 Å². The number of carbonyl (C=O) groups is 1. The summed E-state index contributed by atoms with van der Waals surface area (Å²) in [7, 11) is 1.66. The third-order valence-corrected chi connectivity index (χ3v) is 4.73. The van der Waals surface area contributed by atoms with Crippen LogP contribution >= 0.6 is 11.8 Å². The van der Waals surface area contributed by atoms with Gasteiger partial charge in [-0.2, -0.15) is 0 Å². The van der Waals surface area contributed by atoms with E-state index in [1.54, 1.807) is 7.11 Å². The molecule has 0 spiro atoms. The highest BCUT2D eigenvalue weighted by Crippen LogP contribution is 2.39. The van der Waals surface area contributed by atoms with E-state index in [0.29, 0.717) is 30.1 Å². The zero-order valence-corrected chi connectivity index (χ0v) is 12.7. The number of rotatable bonds is 7. The molecule has 1 aliphatic carbocycles. The molecule has 7 heteroatoms. The zero-order valence-electron chi connectivity index (χ0n) is 11.9. The Balaban J connectivity index is 2.19. The van der Waals surface area contributed by atoms with E-state index in [4.69, 9.17) is 9.84 Å². The van der Waals surface area contributed by atoms with Gasteiger partial charge < -0.3 is 14.4 Å². The fourth-order valence-corrected chi connectivity index (χ4v) is 3.42. The Hall–Kier alpha value is -1.08. The molecule has 0 bridgehead atoms. The molecule has 0 radical (unpaired) electrons. The predicted molar refractivity (Wildman–Crippen MR) is 76.0 cm³/mol. The summed E-state index contributed by atoms with van der Waals surface area (Å²) in [5.41, 5.74) is 0. The third kappa shape index (κ3) is 3.52. The molecule has 0 amide bonds. The average molecular weight is 299 g/mol. The summed E-state index contributed by atoms with van der Waals surface area (Å²) < 4.78 is 7.17. The van der Waals surface area contributed by atoms with Crippen molar-refractivity contribution in [1.82, 2.24) is 14.8 Å². The van der Waals surface area contributed by atoms with Gasteiger partial charge in [0.2, 0.25) is 0 Å². The molecule has 1 aliphatic rings. The standard InChI is InChI=1S/C13H21N3O3S/c1-9-4-3-5-10(9)12-14-15-13(20-8-11(17)18)16(12)6-7-19-2/h9-10H,3-8H2,1-2H3,(H,17,18). The summed E-state index contributed by atoms with van der Waals surface area (Å²) in [6.45, 7) is 3.49. The van der Waals surface area contributed by atoms with Crippen molar-refractivity contribution in [2.45, 2.75) is 43.8 Å². The fraction of sp³-hybridized carbons (Fsp3) is 0.769. The molecule has 2 atom stereocenters. The second kappa shape index (κ2) is 7.08. The van der Waals surface area contributed by atoms with Crippen molar-refractivity contribution < 1.29 is 14.6 Å². The summed E-state index contributed by atoms with van der Waals surface area (Å²) in [6, 6.07) is 0. The van der Waals surface area contributed by atoms with Crippen LogP contribution < -0.4 is 0 Å². The van der Waals surface area contributed by atoms with Gasteiger partial charge in [-0.15, -0.1) is 10.2 Å². The lowest BCUT2D eigenvalue weighted by Gasteiger charge is -2.16. The maximum absolute atomic E-state index is 10.7. The van der Waals surface area contributed by atoms with Crippen LogP contribution in [0.15, 0.2) is 5.16 Å². The molecular weight excluding hydrogens is 278 g/mol. The van der Waals surface area contributed by atoms with Crippen LogP contribution in [0.3, 0.4) is 0 Å². The molecule has 1 fully saturated rings. The summed E-state index contributed by atoms with van der Waals surface area (Å²) in [5, 5.41) is 18.0. The fourth-order valence-electron chi connectivity index (χ4n) is 2.73. The maximum Gasteiger partial charge on any atom is 0.313 e. The lowest BCUT2D eigenvalue weighted by Crippen LogP contribution is -2.15. The van der Waals surface area contributed by atoms with E-state index in [0.717, 1.165) is 12.2 Å². The molecular formula is C13H21N3O3S. The summed E-state index contributed by atoms with van der Waals surface area (Å²) in [4.78, 5) is 10.7. The molecule has 20 heavy (non-hydrogen) atoms. The van der Waals surface area contributed by atoms with Crippen LogP contribution in [0.25, 0.3) is 0 Å². The Bertz CT molecular complexity index is 464. The van der Waals surface area contributed by atoms with Gasteiger partial charge in [0.25, 0.3) is 0 Å². The lowest BCUT2D eigenvalue weighted by molar-refractivity contribution is -0.133. The molecule has 0 aliphatic heterocycles. The van der Waals surface area contributed by atoms with Gasteiger partial charge in [0.15, 0.2) is 5.16 Å². The Labute approximate surface area is 122 Å². The molecule has 1 aromatic heterocycles.